The maximum Gasteiger partial charge on any atom is 0.191 e. The Morgan fingerprint density at radius 3 is 2.63 bits per heavy atom. The number of carbonyl (C=O) groups excluding carboxylic acids is 1. The normalized spacial score (nSPS) is 10.6. The van der Waals surface area contributed by atoms with E-state index in [4.69, 9.17) is 9.47 Å². The molecule has 0 radical (unpaired) electrons. The molecule has 1 aromatic heterocycles. The summed E-state index contributed by atoms with van der Waals surface area (Å²) in [5, 5.41) is 9.42. The molecule has 0 bridgehead atoms. The first kappa shape index (κ1) is 19.0. The molecule has 0 aliphatic heterocycles. The lowest BCUT2D eigenvalue weighted by atomic mass is 10.2. The van der Waals surface area contributed by atoms with Crippen LogP contribution in [0.2, 0.25) is 0 Å². The van der Waals surface area contributed by atoms with E-state index in [1.165, 1.54) is 0 Å². The predicted octanol–water partition coefficient (Wildman–Crippen LogP) is 3.86. The number of benzene rings is 2. The minimum Gasteiger partial charge on any atom is -0.497 e. The number of hydrogen-bond acceptors (Lipinski definition) is 6. The van der Waals surface area contributed by atoms with Crippen LogP contribution in [0.3, 0.4) is 0 Å². The summed E-state index contributed by atoms with van der Waals surface area (Å²) in [6.45, 7) is 0.543. The lowest BCUT2D eigenvalue weighted by Crippen LogP contribution is -2.02. The first-order chi connectivity index (χ1) is 13.2. The largest absolute Gasteiger partial charge is 0.497 e. The number of thioether (sulfide) groups is 1. The van der Waals surface area contributed by atoms with E-state index < -0.39 is 0 Å². The predicted molar refractivity (Wildman–Crippen MR) is 106 cm³/mol. The highest BCUT2D eigenvalue weighted by Crippen LogP contribution is 2.25. The molecule has 0 aliphatic carbocycles. The van der Waals surface area contributed by atoms with Crippen molar-refractivity contribution in [3.05, 3.63) is 54.1 Å². The number of carbonyl (C=O) groups is 1. The van der Waals surface area contributed by atoms with E-state index in [1.807, 2.05) is 48.0 Å². The Morgan fingerprint density at radius 2 is 1.89 bits per heavy atom. The molecule has 0 N–H and O–H groups in total. The van der Waals surface area contributed by atoms with Gasteiger partial charge in [0.05, 0.1) is 19.3 Å². The molecule has 140 valence electrons. The van der Waals surface area contributed by atoms with Gasteiger partial charge in [0.1, 0.15) is 11.5 Å². The number of ether oxygens (including phenoxy) is 2. The first-order valence-corrected chi connectivity index (χ1v) is 9.55. The summed E-state index contributed by atoms with van der Waals surface area (Å²) in [7, 11) is 3.60. The van der Waals surface area contributed by atoms with Gasteiger partial charge in [-0.05, 0) is 42.8 Å². The molecule has 1 heterocycles. The van der Waals surface area contributed by atoms with Crippen LogP contribution in [-0.4, -0.2) is 40.5 Å². The van der Waals surface area contributed by atoms with E-state index in [2.05, 4.69) is 10.2 Å². The summed E-state index contributed by atoms with van der Waals surface area (Å²) < 4.78 is 12.9. The van der Waals surface area contributed by atoms with E-state index >= 15 is 0 Å². The van der Waals surface area contributed by atoms with Crippen LogP contribution in [-0.2, 0) is 7.05 Å². The zero-order valence-corrected chi connectivity index (χ0v) is 16.1. The van der Waals surface area contributed by atoms with Crippen molar-refractivity contribution in [3.8, 4) is 22.9 Å². The SMILES string of the molecule is COc1ccc(-c2nnc(SCCCOc3ccccc3C=O)n2C)cc1. The third kappa shape index (κ3) is 4.68. The van der Waals surface area contributed by atoms with E-state index in [0.29, 0.717) is 17.9 Å². The van der Waals surface area contributed by atoms with Gasteiger partial charge in [-0.25, -0.2) is 0 Å². The second-order valence-corrected chi connectivity index (χ2v) is 6.86. The smallest absolute Gasteiger partial charge is 0.191 e. The number of para-hydroxylation sites is 1. The van der Waals surface area contributed by atoms with E-state index in [-0.39, 0.29) is 0 Å². The van der Waals surface area contributed by atoms with Gasteiger partial charge in [-0.1, -0.05) is 23.9 Å². The minimum atomic E-state index is 0.543. The second kappa shape index (κ2) is 9.23. The Kier molecular flexibility index (Phi) is 6.49. The van der Waals surface area contributed by atoms with Crippen LogP contribution in [0.1, 0.15) is 16.8 Å². The third-order valence-corrected chi connectivity index (χ3v) is 5.11. The molecule has 0 spiro atoms. The Morgan fingerprint density at radius 1 is 1.11 bits per heavy atom. The van der Waals surface area contributed by atoms with Gasteiger partial charge in [0, 0.05) is 18.4 Å². The monoisotopic (exact) mass is 383 g/mol. The molecule has 0 aliphatic rings. The number of nitrogens with zero attached hydrogens (tertiary/aromatic N) is 3. The molecule has 0 fully saturated rings. The highest BCUT2D eigenvalue weighted by atomic mass is 32.2. The zero-order valence-electron chi connectivity index (χ0n) is 15.3. The topological polar surface area (TPSA) is 66.2 Å². The van der Waals surface area contributed by atoms with Gasteiger partial charge in [-0.15, -0.1) is 10.2 Å². The highest BCUT2D eigenvalue weighted by molar-refractivity contribution is 7.99. The summed E-state index contributed by atoms with van der Waals surface area (Å²) in [5.74, 6) is 3.10. The van der Waals surface area contributed by atoms with Crippen LogP contribution in [0.4, 0.5) is 0 Å². The molecule has 0 amide bonds. The Hall–Kier alpha value is -2.80. The highest BCUT2D eigenvalue weighted by Gasteiger charge is 2.11. The molecular weight excluding hydrogens is 362 g/mol. The number of aldehydes is 1. The van der Waals surface area contributed by atoms with Crippen molar-refractivity contribution in [1.82, 2.24) is 14.8 Å². The van der Waals surface area contributed by atoms with Gasteiger partial charge in [-0.2, -0.15) is 0 Å². The Balaban J connectivity index is 1.51. The molecule has 0 unspecified atom stereocenters. The second-order valence-electron chi connectivity index (χ2n) is 5.80. The van der Waals surface area contributed by atoms with E-state index in [0.717, 1.165) is 40.8 Å². The molecule has 0 saturated carbocycles. The van der Waals surface area contributed by atoms with Crippen molar-refractivity contribution >= 4 is 18.0 Å². The van der Waals surface area contributed by atoms with Crippen molar-refractivity contribution < 1.29 is 14.3 Å². The average Bonchev–Trinajstić information content (AvgIpc) is 3.08. The molecule has 0 saturated heterocycles. The number of methoxy groups -OCH3 is 1. The van der Waals surface area contributed by atoms with Crippen molar-refractivity contribution in [3.63, 3.8) is 0 Å². The maximum atomic E-state index is 11.0. The first-order valence-electron chi connectivity index (χ1n) is 8.56. The summed E-state index contributed by atoms with van der Waals surface area (Å²) >= 11 is 1.63. The van der Waals surface area contributed by atoms with Gasteiger partial charge in [0.15, 0.2) is 17.3 Å². The molecule has 7 heteroatoms. The van der Waals surface area contributed by atoms with Gasteiger partial charge >= 0.3 is 0 Å². The fraction of sp³-hybridized carbons (Fsp3) is 0.250. The van der Waals surface area contributed by atoms with Gasteiger partial charge in [0.2, 0.25) is 0 Å². The minimum absolute atomic E-state index is 0.543. The third-order valence-electron chi connectivity index (χ3n) is 4.01. The molecule has 2 aromatic carbocycles. The van der Waals surface area contributed by atoms with Crippen molar-refractivity contribution in [2.24, 2.45) is 7.05 Å². The molecule has 6 nitrogen and oxygen atoms in total. The lowest BCUT2D eigenvalue weighted by molar-refractivity contribution is 0.111. The van der Waals surface area contributed by atoms with Crippen LogP contribution in [0.15, 0.2) is 53.7 Å². The standard InChI is InChI=1S/C20H21N3O3S/c1-23-19(15-8-10-17(25-2)11-9-15)21-22-20(23)27-13-5-12-26-18-7-4-3-6-16(18)14-24/h3-4,6-11,14H,5,12-13H2,1-2H3. The van der Waals surface area contributed by atoms with Gasteiger partial charge in [0.25, 0.3) is 0 Å². The summed E-state index contributed by atoms with van der Waals surface area (Å²) in [5.41, 5.74) is 1.56. The quantitative estimate of drug-likeness (QED) is 0.317. The molecule has 3 aromatic rings. The summed E-state index contributed by atoms with van der Waals surface area (Å²) in [4.78, 5) is 11.0. The molecule has 3 rings (SSSR count). The van der Waals surface area contributed by atoms with E-state index in [9.17, 15) is 4.79 Å². The fourth-order valence-electron chi connectivity index (χ4n) is 2.55. The maximum absolute atomic E-state index is 11.0. The van der Waals surface area contributed by atoms with E-state index in [1.54, 1.807) is 31.0 Å². The Labute approximate surface area is 162 Å². The van der Waals surface area contributed by atoms with Crippen LogP contribution < -0.4 is 9.47 Å². The van der Waals surface area contributed by atoms with Crippen LogP contribution in [0.5, 0.6) is 11.5 Å². The number of rotatable bonds is 9. The van der Waals surface area contributed by atoms with Gasteiger partial charge < -0.3 is 14.0 Å². The van der Waals surface area contributed by atoms with Crippen molar-refractivity contribution in [2.45, 2.75) is 11.6 Å². The molecular formula is C20H21N3O3S. The summed E-state index contributed by atoms with van der Waals surface area (Å²) in [6.07, 6.45) is 1.65. The zero-order chi connectivity index (χ0) is 19.1. The average molecular weight is 383 g/mol. The van der Waals surface area contributed by atoms with Crippen LogP contribution >= 0.6 is 11.8 Å². The molecule has 27 heavy (non-hydrogen) atoms. The van der Waals surface area contributed by atoms with Crippen molar-refractivity contribution in [2.75, 3.05) is 19.5 Å². The number of hydrogen-bond donors (Lipinski definition) is 0. The van der Waals surface area contributed by atoms with Gasteiger partial charge in [-0.3, -0.25) is 4.79 Å². The summed E-state index contributed by atoms with van der Waals surface area (Å²) in [6, 6.07) is 15.0. The number of aromatic nitrogens is 3. The Bertz CT molecular complexity index is 894. The van der Waals surface area contributed by atoms with Crippen LogP contribution in [0.25, 0.3) is 11.4 Å². The molecule has 0 atom stereocenters. The fourth-order valence-corrected chi connectivity index (χ4v) is 3.37. The lowest BCUT2D eigenvalue weighted by Gasteiger charge is -2.08. The van der Waals surface area contributed by atoms with Crippen LogP contribution in [0, 0.1) is 0 Å². The van der Waals surface area contributed by atoms with Crippen molar-refractivity contribution in [1.29, 1.82) is 0 Å².